The molecule has 118 valence electrons. The van der Waals surface area contributed by atoms with Crippen LogP contribution < -0.4 is 0 Å². The van der Waals surface area contributed by atoms with Gasteiger partial charge >= 0.3 is 0 Å². The molecule has 0 heterocycles. The van der Waals surface area contributed by atoms with E-state index in [0.717, 1.165) is 17.7 Å². The normalized spacial score (nSPS) is 10.8. The lowest BCUT2D eigenvalue weighted by Crippen LogP contribution is -1.90. The molecule has 0 aliphatic rings. The molecule has 0 aliphatic carbocycles. The summed E-state index contributed by atoms with van der Waals surface area (Å²) in [5.74, 6) is 0. The minimum absolute atomic E-state index is 0.0662. The van der Waals surface area contributed by atoms with Crippen LogP contribution in [0.25, 0.3) is 0 Å². The summed E-state index contributed by atoms with van der Waals surface area (Å²) in [4.78, 5) is 15.0. The van der Waals surface area contributed by atoms with Gasteiger partial charge in [0.05, 0.1) is 10.6 Å². The van der Waals surface area contributed by atoms with Gasteiger partial charge in [0.15, 0.2) is 0 Å². The number of aliphatic imine (C=N–C) groups is 1. The molecule has 0 fully saturated rings. The first-order valence-electron chi connectivity index (χ1n) is 7.63. The predicted octanol–water partition coefficient (Wildman–Crippen LogP) is 4.94. The predicted molar refractivity (Wildman–Crippen MR) is 96.0 cm³/mol. The SMILES string of the molecule is O=[N+]([O-])c1cccc(C=Nc2ccccc2Cc2ccccc2)c1. The van der Waals surface area contributed by atoms with E-state index in [-0.39, 0.29) is 5.69 Å². The summed E-state index contributed by atoms with van der Waals surface area (Å²) < 4.78 is 0. The van der Waals surface area contributed by atoms with Gasteiger partial charge in [0.2, 0.25) is 0 Å². The van der Waals surface area contributed by atoms with Crippen molar-refractivity contribution in [3.05, 3.63) is 106 Å². The molecule has 0 amide bonds. The van der Waals surface area contributed by atoms with Crippen molar-refractivity contribution in [3.63, 3.8) is 0 Å². The van der Waals surface area contributed by atoms with E-state index < -0.39 is 4.92 Å². The molecule has 3 rings (SSSR count). The summed E-state index contributed by atoms with van der Waals surface area (Å²) in [5, 5.41) is 10.8. The molecule has 4 nitrogen and oxygen atoms in total. The number of hydrogen-bond acceptors (Lipinski definition) is 3. The molecule has 3 aromatic rings. The Morgan fingerprint density at radius 3 is 2.46 bits per heavy atom. The van der Waals surface area contributed by atoms with Gasteiger partial charge in [0.1, 0.15) is 0 Å². The van der Waals surface area contributed by atoms with E-state index in [9.17, 15) is 10.1 Å². The molecule has 24 heavy (non-hydrogen) atoms. The molecular formula is C20H16N2O2. The van der Waals surface area contributed by atoms with Gasteiger partial charge in [0, 0.05) is 18.3 Å². The average Bonchev–Trinajstić information content (AvgIpc) is 2.62. The van der Waals surface area contributed by atoms with Crippen LogP contribution in [0.2, 0.25) is 0 Å². The van der Waals surface area contributed by atoms with Crippen molar-refractivity contribution in [2.45, 2.75) is 6.42 Å². The Bertz CT molecular complexity index is 874. The maximum absolute atomic E-state index is 10.8. The molecule has 0 radical (unpaired) electrons. The highest BCUT2D eigenvalue weighted by Crippen LogP contribution is 2.22. The van der Waals surface area contributed by atoms with Crippen LogP contribution in [0.15, 0.2) is 83.9 Å². The number of nitro benzene ring substituents is 1. The van der Waals surface area contributed by atoms with Crippen LogP contribution >= 0.6 is 0 Å². The smallest absolute Gasteiger partial charge is 0.258 e. The lowest BCUT2D eigenvalue weighted by atomic mass is 10.0. The van der Waals surface area contributed by atoms with Crippen molar-refractivity contribution in [1.82, 2.24) is 0 Å². The van der Waals surface area contributed by atoms with E-state index in [4.69, 9.17) is 0 Å². The Morgan fingerprint density at radius 1 is 0.917 bits per heavy atom. The third kappa shape index (κ3) is 3.93. The number of nitrogens with zero attached hydrogens (tertiary/aromatic N) is 2. The van der Waals surface area contributed by atoms with Gasteiger partial charge in [-0.15, -0.1) is 0 Å². The zero-order valence-electron chi connectivity index (χ0n) is 13.0. The minimum atomic E-state index is -0.402. The zero-order chi connectivity index (χ0) is 16.8. The van der Waals surface area contributed by atoms with Crippen molar-refractivity contribution in [1.29, 1.82) is 0 Å². The fourth-order valence-electron chi connectivity index (χ4n) is 2.46. The van der Waals surface area contributed by atoms with Gasteiger partial charge in [0.25, 0.3) is 5.69 Å². The molecule has 0 aliphatic heterocycles. The Labute approximate surface area is 140 Å². The van der Waals surface area contributed by atoms with E-state index in [1.54, 1.807) is 18.3 Å². The molecule has 0 spiro atoms. The standard InChI is InChI=1S/C20H16N2O2/c23-22(24)19-11-6-9-17(14-19)15-21-20-12-5-4-10-18(20)13-16-7-2-1-3-8-16/h1-12,14-15H,13H2. The molecular weight excluding hydrogens is 300 g/mol. The molecule has 0 N–H and O–H groups in total. The summed E-state index contributed by atoms with van der Waals surface area (Å²) in [6, 6.07) is 24.6. The lowest BCUT2D eigenvalue weighted by Gasteiger charge is -2.05. The number of benzene rings is 3. The number of nitro groups is 1. The third-order valence-electron chi connectivity index (χ3n) is 3.66. The van der Waals surface area contributed by atoms with Crippen molar-refractivity contribution in [2.24, 2.45) is 4.99 Å². The van der Waals surface area contributed by atoms with Crippen LogP contribution in [0.3, 0.4) is 0 Å². The van der Waals surface area contributed by atoms with Crippen molar-refractivity contribution in [2.75, 3.05) is 0 Å². The first kappa shape index (κ1) is 15.6. The summed E-state index contributed by atoms with van der Waals surface area (Å²) in [7, 11) is 0. The first-order chi connectivity index (χ1) is 11.7. The van der Waals surface area contributed by atoms with Gasteiger partial charge < -0.3 is 0 Å². The Hall–Kier alpha value is -3.27. The monoisotopic (exact) mass is 316 g/mol. The van der Waals surface area contributed by atoms with Crippen molar-refractivity contribution in [3.8, 4) is 0 Å². The largest absolute Gasteiger partial charge is 0.270 e. The van der Waals surface area contributed by atoms with Crippen LogP contribution in [0.4, 0.5) is 11.4 Å². The fraction of sp³-hybridized carbons (Fsp3) is 0.0500. The Morgan fingerprint density at radius 2 is 1.67 bits per heavy atom. The van der Waals surface area contributed by atoms with E-state index in [1.165, 1.54) is 17.7 Å². The summed E-state index contributed by atoms with van der Waals surface area (Å²) in [6.07, 6.45) is 2.46. The van der Waals surface area contributed by atoms with Gasteiger partial charge in [-0.05, 0) is 29.2 Å². The van der Waals surface area contributed by atoms with E-state index in [2.05, 4.69) is 17.1 Å². The summed E-state index contributed by atoms with van der Waals surface area (Å²) >= 11 is 0. The molecule has 0 atom stereocenters. The lowest BCUT2D eigenvalue weighted by molar-refractivity contribution is -0.384. The van der Waals surface area contributed by atoms with Crippen LogP contribution in [0, 0.1) is 10.1 Å². The highest BCUT2D eigenvalue weighted by Gasteiger charge is 2.05. The van der Waals surface area contributed by atoms with Crippen molar-refractivity contribution >= 4 is 17.6 Å². The second-order valence-electron chi connectivity index (χ2n) is 5.40. The number of hydrogen-bond donors (Lipinski definition) is 0. The first-order valence-corrected chi connectivity index (χ1v) is 7.63. The molecule has 4 heteroatoms. The quantitative estimate of drug-likeness (QED) is 0.380. The van der Waals surface area contributed by atoms with E-state index in [0.29, 0.717) is 5.56 Å². The van der Waals surface area contributed by atoms with Crippen LogP contribution in [0.1, 0.15) is 16.7 Å². The highest BCUT2D eigenvalue weighted by molar-refractivity contribution is 5.83. The molecule has 0 bridgehead atoms. The van der Waals surface area contributed by atoms with Crippen LogP contribution in [0.5, 0.6) is 0 Å². The maximum atomic E-state index is 10.8. The summed E-state index contributed by atoms with van der Waals surface area (Å²) in [6.45, 7) is 0. The highest BCUT2D eigenvalue weighted by atomic mass is 16.6. The maximum Gasteiger partial charge on any atom is 0.270 e. The van der Waals surface area contributed by atoms with Crippen LogP contribution in [-0.2, 0) is 6.42 Å². The molecule has 0 saturated carbocycles. The fourth-order valence-corrected chi connectivity index (χ4v) is 2.46. The second kappa shape index (κ2) is 7.33. The minimum Gasteiger partial charge on any atom is -0.258 e. The summed E-state index contributed by atoms with van der Waals surface area (Å²) in [5.41, 5.74) is 3.98. The Kier molecular flexibility index (Phi) is 4.77. The molecule has 0 aromatic heterocycles. The Balaban J connectivity index is 1.85. The van der Waals surface area contributed by atoms with Crippen LogP contribution in [-0.4, -0.2) is 11.1 Å². The molecule has 0 saturated heterocycles. The van der Waals surface area contributed by atoms with Gasteiger partial charge in [-0.2, -0.15) is 0 Å². The van der Waals surface area contributed by atoms with Crippen molar-refractivity contribution < 1.29 is 4.92 Å². The van der Waals surface area contributed by atoms with E-state index in [1.807, 2.05) is 42.5 Å². The average molecular weight is 316 g/mol. The van der Waals surface area contributed by atoms with Gasteiger partial charge in [-0.25, -0.2) is 0 Å². The number of para-hydroxylation sites is 1. The van der Waals surface area contributed by atoms with Gasteiger partial charge in [-0.1, -0.05) is 60.7 Å². The number of rotatable bonds is 5. The third-order valence-corrected chi connectivity index (χ3v) is 3.66. The van der Waals surface area contributed by atoms with E-state index >= 15 is 0 Å². The molecule has 3 aromatic carbocycles. The zero-order valence-corrected chi connectivity index (χ0v) is 13.0. The number of non-ortho nitro benzene ring substituents is 1. The second-order valence-corrected chi connectivity index (χ2v) is 5.40. The molecule has 0 unspecified atom stereocenters. The topological polar surface area (TPSA) is 55.5 Å². The van der Waals surface area contributed by atoms with Gasteiger partial charge in [-0.3, -0.25) is 15.1 Å².